The molecule has 1 amide bonds. The highest BCUT2D eigenvalue weighted by molar-refractivity contribution is 5.95. The third-order valence-electron chi connectivity index (χ3n) is 6.48. The van der Waals surface area contributed by atoms with Gasteiger partial charge in [-0.15, -0.1) is 0 Å². The lowest BCUT2D eigenvalue weighted by Crippen LogP contribution is -2.30. The average molecular weight is 374 g/mol. The molecule has 0 aromatic heterocycles. The summed E-state index contributed by atoms with van der Waals surface area (Å²) in [4.78, 5) is 14.8. The fraction of sp³-hybridized carbons (Fsp3) is 0.375. The number of hydrogen-bond acceptors (Lipinski definition) is 3. The predicted molar refractivity (Wildman–Crippen MR) is 111 cm³/mol. The van der Waals surface area contributed by atoms with Gasteiger partial charge in [0.2, 0.25) is 0 Å². The molecule has 4 nitrogen and oxygen atoms in total. The highest BCUT2D eigenvalue weighted by atomic mass is 16.5. The lowest BCUT2D eigenvalue weighted by atomic mass is 9.76. The van der Waals surface area contributed by atoms with Crippen LogP contribution in [-0.4, -0.2) is 31.0 Å². The number of amides is 1. The Kier molecular flexibility index (Phi) is 4.34. The molecule has 1 fully saturated rings. The molecule has 2 aliphatic heterocycles. The SMILES string of the molecule is COc1ccc(C2Nc3ccc(C(=O)N4CCCC4)cc3C3C=CCC32)cc1. The summed E-state index contributed by atoms with van der Waals surface area (Å²) in [5, 5.41) is 3.75. The topological polar surface area (TPSA) is 41.6 Å². The third-order valence-corrected chi connectivity index (χ3v) is 6.48. The first kappa shape index (κ1) is 17.4. The molecule has 0 spiro atoms. The molecule has 144 valence electrons. The lowest BCUT2D eigenvalue weighted by Gasteiger charge is -2.38. The Morgan fingerprint density at radius 2 is 1.89 bits per heavy atom. The minimum Gasteiger partial charge on any atom is -0.497 e. The monoisotopic (exact) mass is 374 g/mol. The van der Waals surface area contributed by atoms with Gasteiger partial charge in [0.1, 0.15) is 5.75 Å². The largest absolute Gasteiger partial charge is 0.497 e. The van der Waals surface area contributed by atoms with Crippen LogP contribution in [0.3, 0.4) is 0 Å². The number of likely N-dealkylation sites (tertiary alicyclic amines) is 1. The minimum atomic E-state index is 0.177. The van der Waals surface area contributed by atoms with Crippen molar-refractivity contribution in [2.45, 2.75) is 31.2 Å². The maximum Gasteiger partial charge on any atom is 0.253 e. The molecule has 2 aromatic carbocycles. The first-order valence-corrected chi connectivity index (χ1v) is 10.2. The fourth-order valence-corrected chi connectivity index (χ4v) is 4.97. The number of rotatable bonds is 3. The summed E-state index contributed by atoms with van der Waals surface area (Å²) in [7, 11) is 1.70. The van der Waals surface area contributed by atoms with Crippen LogP contribution in [0.5, 0.6) is 5.75 Å². The molecule has 3 aliphatic rings. The highest BCUT2D eigenvalue weighted by Gasteiger charge is 2.38. The first-order chi connectivity index (χ1) is 13.7. The summed E-state index contributed by atoms with van der Waals surface area (Å²) >= 11 is 0. The van der Waals surface area contributed by atoms with Gasteiger partial charge in [-0.1, -0.05) is 24.3 Å². The second kappa shape index (κ2) is 7.01. The van der Waals surface area contributed by atoms with Crippen LogP contribution in [0.25, 0.3) is 0 Å². The minimum absolute atomic E-state index is 0.177. The van der Waals surface area contributed by atoms with Crippen molar-refractivity contribution >= 4 is 11.6 Å². The molecule has 5 rings (SSSR count). The number of ether oxygens (including phenoxy) is 1. The highest BCUT2D eigenvalue weighted by Crippen LogP contribution is 2.50. The van der Waals surface area contributed by atoms with E-state index < -0.39 is 0 Å². The number of allylic oxidation sites excluding steroid dienone is 2. The van der Waals surface area contributed by atoms with Crippen LogP contribution >= 0.6 is 0 Å². The molecule has 0 bridgehead atoms. The zero-order chi connectivity index (χ0) is 19.1. The van der Waals surface area contributed by atoms with Gasteiger partial charge in [0.05, 0.1) is 13.2 Å². The number of methoxy groups -OCH3 is 1. The van der Waals surface area contributed by atoms with Crippen molar-refractivity contribution in [3.63, 3.8) is 0 Å². The maximum atomic E-state index is 12.8. The Labute approximate surface area is 166 Å². The molecule has 1 N–H and O–H groups in total. The van der Waals surface area contributed by atoms with Crippen molar-refractivity contribution in [1.82, 2.24) is 4.90 Å². The van der Waals surface area contributed by atoms with Gasteiger partial charge in [-0.2, -0.15) is 0 Å². The quantitative estimate of drug-likeness (QED) is 0.788. The second-order valence-corrected chi connectivity index (χ2v) is 8.05. The number of nitrogens with zero attached hydrogens (tertiary/aromatic N) is 1. The van der Waals surface area contributed by atoms with Crippen LogP contribution in [0.2, 0.25) is 0 Å². The molecule has 0 saturated carbocycles. The van der Waals surface area contributed by atoms with Crippen LogP contribution in [0.4, 0.5) is 5.69 Å². The standard InChI is InChI=1S/C24H26N2O2/c1-28-18-10-7-16(8-11-18)23-20-6-4-5-19(20)21-15-17(9-12-22(21)25-23)24(27)26-13-2-3-14-26/h4-5,7-12,15,19-20,23,25H,2-3,6,13-14H2,1H3. The predicted octanol–water partition coefficient (Wildman–Crippen LogP) is 4.76. The van der Waals surface area contributed by atoms with E-state index in [9.17, 15) is 4.79 Å². The van der Waals surface area contributed by atoms with Gasteiger partial charge in [0, 0.05) is 30.3 Å². The van der Waals surface area contributed by atoms with Crippen molar-refractivity contribution in [3.8, 4) is 5.75 Å². The number of nitrogens with one attached hydrogen (secondary N) is 1. The zero-order valence-electron chi connectivity index (χ0n) is 16.2. The molecular formula is C24H26N2O2. The van der Waals surface area contributed by atoms with Crippen LogP contribution in [0.15, 0.2) is 54.6 Å². The van der Waals surface area contributed by atoms with Crippen molar-refractivity contribution in [3.05, 3.63) is 71.3 Å². The van der Waals surface area contributed by atoms with Crippen LogP contribution in [0, 0.1) is 5.92 Å². The van der Waals surface area contributed by atoms with Gasteiger partial charge < -0.3 is 15.0 Å². The van der Waals surface area contributed by atoms with Gasteiger partial charge in [-0.3, -0.25) is 4.79 Å². The number of benzene rings is 2. The van der Waals surface area contributed by atoms with Crippen LogP contribution < -0.4 is 10.1 Å². The third kappa shape index (κ3) is 2.88. The van der Waals surface area contributed by atoms with E-state index in [1.807, 2.05) is 23.1 Å². The lowest BCUT2D eigenvalue weighted by molar-refractivity contribution is 0.0792. The Hall–Kier alpha value is -2.75. The normalized spacial score (nSPS) is 25.2. The van der Waals surface area contributed by atoms with Crippen molar-refractivity contribution < 1.29 is 9.53 Å². The van der Waals surface area contributed by atoms with E-state index in [0.717, 1.165) is 49.4 Å². The molecule has 1 saturated heterocycles. The fourth-order valence-electron chi connectivity index (χ4n) is 4.97. The summed E-state index contributed by atoms with van der Waals surface area (Å²) < 4.78 is 5.31. The van der Waals surface area contributed by atoms with E-state index in [2.05, 4.69) is 41.7 Å². The van der Waals surface area contributed by atoms with E-state index in [0.29, 0.717) is 11.8 Å². The van der Waals surface area contributed by atoms with Crippen LogP contribution in [-0.2, 0) is 0 Å². The van der Waals surface area contributed by atoms with Gasteiger partial charge in [-0.25, -0.2) is 0 Å². The number of anilines is 1. The molecular weight excluding hydrogens is 348 g/mol. The van der Waals surface area contributed by atoms with E-state index >= 15 is 0 Å². The van der Waals surface area contributed by atoms with Crippen molar-refractivity contribution in [1.29, 1.82) is 0 Å². The number of fused-ring (bicyclic) bond motifs is 3. The molecule has 3 unspecified atom stereocenters. The van der Waals surface area contributed by atoms with E-state index in [4.69, 9.17) is 4.74 Å². The zero-order valence-corrected chi connectivity index (χ0v) is 16.2. The van der Waals surface area contributed by atoms with Crippen LogP contribution in [0.1, 0.15) is 52.7 Å². The van der Waals surface area contributed by atoms with E-state index in [1.54, 1.807) is 7.11 Å². The van der Waals surface area contributed by atoms with Gasteiger partial charge in [-0.05, 0) is 66.6 Å². The number of carbonyl (C=O) groups excluding carboxylic acids is 1. The summed E-state index contributed by atoms with van der Waals surface area (Å²) in [6.45, 7) is 1.78. The second-order valence-electron chi connectivity index (χ2n) is 8.05. The molecule has 4 heteroatoms. The smallest absolute Gasteiger partial charge is 0.253 e. The summed E-state index contributed by atoms with van der Waals surface area (Å²) in [5.74, 6) is 1.88. The number of carbonyl (C=O) groups is 1. The summed E-state index contributed by atoms with van der Waals surface area (Å²) in [5.41, 5.74) is 4.51. The summed E-state index contributed by atoms with van der Waals surface area (Å²) in [6.07, 6.45) is 7.91. The van der Waals surface area contributed by atoms with Crippen molar-refractivity contribution in [2.24, 2.45) is 5.92 Å². The Bertz CT molecular complexity index is 913. The summed E-state index contributed by atoms with van der Waals surface area (Å²) in [6, 6.07) is 14.8. The van der Waals surface area contributed by atoms with E-state index in [1.165, 1.54) is 11.1 Å². The Morgan fingerprint density at radius 3 is 2.64 bits per heavy atom. The van der Waals surface area contributed by atoms with Gasteiger partial charge in [0.25, 0.3) is 5.91 Å². The molecule has 2 heterocycles. The average Bonchev–Trinajstić information content (AvgIpc) is 3.44. The Morgan fingerprint density at radius 1 is 1.11 bits per heavy atom. The number of hydrogen-bond donors (Lipinski definition) is 1. The molecule has 1 aliphatic carbocycles. The van der Waals surface area contributed by atoms with Crippen molar-refractivity contribution in [2.75, 3.05) is 25.5 Å². The molecule has 3 atom stereocenters. The maximum absolute atomic E-state index is 12.8. The Balaban J connectivity index is 1.47. The molecule has 2 aromatic rings. The van der Waals surface area contributed by atoms with E-state index in [-0.39, 0.29) is 11.9 Å². The molecule has 28 heavy (non-hydrogen) atoms. The van der Waals surface area contributed by atoms with Gasteiger partial charge in [0.15, 0.2) is 0 Å². The van der Waals surface area contributed by atoms with Gasteiger partial charge >= 0.3 is 0 Å². The molecule has 0 radical (unpaired) electrons. The first-order valence-electron chi connectivity index (χ1n) is 10.2.